The molecule has 1 amide bonds. The van der Waals surface area contributed by atoms with Crippen molar-refractivity contribution in [3.63, 3.8) is 0 Å². The number of ketones is 1. The van der Waals surface area contributed by atoms with Gasteiger partial charge in [-0.2, -0.15) is 0 Å². The number of carbonyl (C=O) groups is 2. The van der Waals surface area contributed by atoms with Crippen LogP contribution in [0.1, 0.15) is 59.6 Å². The summed E-state index contributed by atoms with van der Waals surface area (Å²) in [6, 6.07) is 9.26. The van der Waals surface area contributed by atoms with Crippen LogP contribution in [0.15, 0.2) is 30.3 Å². The van der Waals surface area contributed by atoms with Crippen LogP contribution in [-0.2, 0) is 4.79 Å². The van der Waals surface area contributed by atoms with Crippen LogP contribution in [0.2, 0.25) is 0 Å². The van der Waals surface area contributed by atoms with Crippen LogP contribution in [0.3, 0.4) is 0 Å². The summed E-state index contributed by atoms with van der Waals surface area (Å²) < 4.78 is 0. The summed E-state index contributed by atoms with van der Waals surface area (Å²) in [5, 5.41) is 2.99. The van der Waals surface area contributed by atoms with E-state index in [-0.39, 0.29) is 23.5 Å². The summed E-state index contributed by atoms with van der Waals surface area (Å²) in [5.74, 6) is -0.324. The summed E-state index contributed by atoms with van der Waals surface area (Å²) in [6.45, 7) is 11.4. The summed E-state index contributed by atoms with van der Waals surface area (Å²) in [7, 11) is 0. The number of hydrogen-bond acceptors (Lipinski definition) is 3. The maximum absolute atomic E-state index is 12.6. The fourth-order valence-corrected chi connectivity index (χ4v) is 2.86. The largest absolute Gasteiger partial charge is 0.324 e. The number of pyridine rings is 1. The number of nitrogens with zero attached hydrogens (tertiary/aromatic N) is 1. The molecule has 0 fully saturated rings. The molecule has 0 saturated heterocycles. The van der Waals surface area contributed by atoms with E-state index in [2.05, 4.69) is 10.3 Å². The van der Waals surface area contributed by atoms with E-state index >= 15 is 0 Å². The third-order valence-corrected chi connectivity index (χ3v) is 4.39. The molecule has 4 heteroatoms. The monoisotopic (exact) mass is 338 g/mol. The Balaban J connectivity index is 2.16. The molecule has 0 radical (unpaired) electrons. The number of hydrogen-bond donors (Lipinski definition) is 1. The van der Waals surface area contributed by atoms with E-state index in [9.17, 15) is 9.59 Å². The van der Waals surface area contributed by atoms with Crippen molar-refractivity contribution < 1.29 is 9.59 Å². The Kier molecular flexibility index (Phi) is 5.73. The number of amides is 1. The third-order valence-electron chi connectivity index (χ3n) is 4.39. The van der Waals surface area contributed by atoms with Crippen LogP contribution >= 0.6 is 0 Å². The average molecular weight is 338 g/mol. The van der Waals surface area contributed by atoms with Gasteiger partial charge >= 0.3 is 0 Å². The van der Waals surface area contributed by atoms with E-state index in [4.69, 9.17) is 0 Å². The van der Waals surface area contributed by atoms with Gasteiger partial charge in [0.1, 0.15) is 0 Å². The maximum Gasteiger partial charge on any atom is 0.231 e. The van der Waals surface area contributed by atoms with Gasteiger partial charge in [0.05, 0.1) is 17.3 Å². The molecule has 1 heterocycles. The van der Waals surface area contributed by atoms with Crippen LogP contribution in [0.5, 0.6) is 0 Å². The SMILES string of the molecule is Cc1cc(C)c(NC(=O)[C@H](C)c2ccc(C(=O)C(C)C)cc2)c(C)n1. The van der Waals surface area contributed by atoms with Gasteiger partial charge < -0.3 is 5.32 Å². The molecular formula is C21H26N2O2. The van der Waals surface area contributed by atoms with Gasteiger partial charge in [-0.05, 0) is 44.9 Å². The van der Waals surface area contributed by atoms with Crippen LogP contribution in [0, 0.1) is 26.7 Å². The first-order valence-corrected chi connectivity index (χ1v) is 8.60. The lowest BCUT2D eigenvalue weighted by Crippen LogP contribution is -2.20. The number of Topliss-reactive ketones (excluding diaryl/α,β-unsaturated/α-hetero) is 1. The molecule has 2 aromatic rings. The highest BCUT2D eigenvalue weighted by Gasteiger charge is 2.18. The quantitative estimate of drug-likeness (QED) is 0.811. The standard InChI is InChI=1S/C21H26N2O2/c1-12(2)20(24)18-9-7-17(8-10-18)15(5)21(25)23-19-13(3)11-14(4)22-16(19)6/h7-12,15H,1-6H3,(H,23,25)/t15-/m1/s1. The highest BCUT2D eigenvalue weighted by atomic mass is 16.2. The van der Waals surface area contributed by atoms with Crippen LogP contribution in [0.25, 0.3) is 0 Å². The first-order valence-electron chi connectivity index (χ1n) is 8.60. The zero-order chi connectivity index (χ0) is 18.7. The second kappa shape index (κ2) is 7.60. The Morgan fingerprint density at radius 2 is 1.60 bits per heavy atom. The number of rotatable bonds is 5. The number of aromatic nitrogens is 1. The molecule has 0 bridgehead atoms. The van der Waals surface area contributed by atoms with E-state index in [1.54, 1.807) is 12.1 Å². The number of benzene rings is 1. The van der Waals surface area contributed by atoms with E-state index in [1.165, 1.54) is 0 Å². The molecule has 2 rings (SSSR count). The van der Waals surface area contributed by atoms with Crippen LogP contribution in [0.4, 0.5) is 5.69 Å². The predicted molar refractivity (Wildman–Crippen MR) is 101 cm³/mol. The van der Waals surface area contributed by atoms with Crippen molar-refractivity contribution in [1.29, 1.82) is 0 Å². The van der Waals surface area contributed by atoms with Gasteiger partial charge in [-0.1, -0.05) is 38.1 Å². The first-order chi connectivity index (χ1) is 11.7. The van der Waals surface area contributed by atoms with E-state index in [0.29, 0.717) is 5.56 Å². The van der Waals surface area contributed by atoms with Gasteiger partial charge in [-0.3, -0.25) is 14.6 Å². The zero-order valence-corrected chi connectivity index (χ0v) is 15.8. The molecule has 1 N–H and O–H groups in total. The lowest BCUT2D eigenvalue weighted by atomic mass is 9.95. The minimum atomic E-state index is -0.316. The Morgan fingerprint density at radius 1 is 1.00 bits per heavy atom. The van der Waals surface area contributed by atoms with Gasteiger partial charge in [-0.25, -0.2) is 0 Å². The Bertz CT molecular complexity index is 769. The second-order valence-electron chi connectivity index (χ2n) is 6.89. The lowest BCUT2D eigenvalue weighted by Gasteiger charge is -2.16. The van der Waals surface area contributed by atoms with Crippen molar-refractivity contribution in [2.75, 3.05) is 5.32 Å². The molecule has 0 spiro atoms. The molecule has 25 heavy (non-hydrogen) atoms. The highest BCUT2D eigenvalue weighted by Crippen LogP contribution is 2.23. The smallest absolute Gasteiger partial charge is 0.231 e. The van der Waals surface area contributed by atoms with Gasteiger partial charge in [0.2, 0.25) is 5.91 Å². The fourth-order valence-electron chi connectivity index (χ4n) is 2.86. The fraction of sp³-hybridized carbons (Fsp3) is 0.381. The van der Waals surface area contributed by atoms with Crippen LogP contribution in [-0.4, -0.2) is 16.7 Å². The molecule has 0 saturated carbocycles. The van der Waals surface area contributed by atoms with Crippen molar-refractivity contribution >= 4 is 17.4 Å². The molecular weight excluding hydrogens is 312 g/mol. The number of anilines is 1. The van der Waals surface area contributed by atoms with Gasteiger partial charge in [-0.15, -0.1) is 0 Å². The molecule has 1 atom stereocenters. The van der Waals surface area contributed by atoms with Crippen molar-refractivity contribution in [2.45, 2.75) is 47.5 Å². The van der Waals surface area contributed by atoms with Gasteiger partial charge in [0.15, 0.2) is 5.78 Å². The Labute approximate surface area is 149 Å². The maximum atomic E-state index is 12.6. The van der Waals surface area contributed by atoms with E-state index < -0.39 is 0 Å². The Hall–Kier alpha value is -2.49. The molecule has 132 valence electrons. The van der Waals surface area contributed by atoms with E-state index in [0.717, 1.165) is 28.2 Å². The normalized spacial score (nSPS) is 12.1. The minimum absolute atomic E-state index is 0.0356. The molecule has 0 aliphatic carbocycles. The molecule has 1 aromatic carbocycles. The number of aryl methyl sites for hydroxylation is 3. The zero-order valence-electron chi connectivity index (χ0n) is 15.8. The Morgan fingerprint density at radius 3 is 2.12 bits per heavy atom. The van der Waals surface area contributed by atoms with Crippen molar-refractivity contribution in [3.8, 4) is 0 Å². The summed E-state index contributed by atoms with van der Waals surface area (Å²) >= 11 is 0. The average Bonchev–Trinajstić information content (AvgIpc) is 2.56. The molecule has 4 nitrogen and oxygen atoms in total. The summed E-state index contributed by atoms with van der Waals surface area (Å²) in [4.78, 5) is 29.1. The molecule has 0 aliphatic heterocycles. The van der Waals surface area contributed by atoms with Gasteiger partial charge in [0.25, 0.3) is 0 Å². The topological polar surface area (TPSA) is 59.1 Å². The molecule has 0 unspecified atom stereocenters. The van der Waals surface area contributed by atoms with E-state index in [1.807, 2.05) is 59.7 Å². The van der Waals surface area contributed by atoms with Gasteiger partial charge in [0, 0.05) is 17.2 Å². The second-order valence-corrected chi connectivity index (χ2v) is 6.89. The van der Waals surface area contributed by atoms with Crippen molar-refractivity contribution in [3.05, 3.63) is 58.4 Å². The lowest BCUT2D eigenvalue weighted by molar-refractivity contribution is -0.117. The first kappa shape index (κ1) is 18.8. The molecule has 0 aliphatic rings. The minimum Gasteiger partial charge on any atom is -0.324 e. The van der Waals surface area contributed by atoms with Crippen LogP contribution < -0.4 is 5.32 Å². The van der Waals surface area contributed by atoms with Crippen molar-refractivity contribution in [2.24, 2.45) is 5.92 Å². The number of nitrogens with one attached hydrogen (secondary N) is 1. The summed E-state index contributed by atoms with van der Waals surface area (Å²) in [6.07, 6.45) is 0. The predicted octanol–water partition coefficient (Wildman–Crippen LogP) is 4.59. The number of carbonyl (C=O) groups excluding carboxylic acids is 2. The third kappa shape index (κ3) is 4.32. The van der Waals surface area contributed by atoms with Crippen molar-refractivity contribution in [1.82, 2.24) is 4.98 Å². The molecule has 1 aromatic heterocycles. The highest BCUT2D eigenvalue weighted by molar-refractivity contribution is 5.98. The summed E-state index contributed by atoms with van der Waals surface area (Å²) in [5.41, 5.74) is 5.09.